The summed E-state index contributed by atoms with van der Waals surface area (Å²) >= 11 is 13.7. The van der Waals surface area contributed by atoms with Crippen molar-refractivity contribution in [3.8, 4) is 16.3 Å². The lowest BCUT2D eigenvalue weighted by Crippen LogP contribution is -2.29. The van der Waals surface area contributed by atoms with Crippen molar-refractivity contribution in [1.82, 2.24) is 10.3 Å². The van der Waals surface area contributed by atoms with Gasteiger partial charge in [-0.1, -0.05) is 42.3 Å². The number of nitrogens with zero attached hydrogens (tertiary/aromatic N) is 1. The lowest BCUT2D eigenvalue weighted by molar-refractivity contribution is -0.153. The number of amides is 1. The summed E-state index contributed by atoms with van der Waals surface area (Å²) in [6.07, 6.45) is -0.175. The molecule has 1 aromatic heterocycles. The number of halogens is 2. The third kappa shape index (κ3) is 7.92. The lowest BCUT2D eigenvalue weighted by atomic mass is 10.0. The first kappa shape index (κ1) is 28.9. The zero-order valence-electron chi connectivity index (χ0n) is 21.1. The number of ether oxygens (including phenoxy) is 2. The molecule has 2 aromatic carbocycles. The van der Waals surface area contributed by atoms with Gasteiger partial charge >= 0.3 is 5.97 Å². The van der Waals surface area contributed by atoms with E-state index in [1.165, 1.54) is 11.3 Å². The maximum atomic E-state index is 13.1. The van der Waals surface area contributed by atoms with E-state index in [1.54, 1.807) is 38.1 Å². The Hall–Kier alpha value is -2.65. The van der Waals surface area contributed by atoms with Gasteiger partial charge < -0.3 is 19.9 Å². The molecule has 0 bridgehead atoms. The minimum Gasteiger partial charge on any atom is -0.493 e. The van der Waals surface area contributed by atoms with E-state index in [0.717, 1.165) is 22.4 Å². The van der Waals surface area contributed by atoms with Gasteiger partial charge in [0.1, 0.15) is 16.5 Å². The smallest absolute Gasteiger partial charge is 0.333 e. The second kappa shape index (κ2) is 13.2. The molecule has 3 aromatic rings. The number of nitrogens with one attached hydrogen (secondary N) is 1. The fraction of sp³-hybridized carbons (Fsp3) is 0.370. The van der Waals surface area contributed by atoms with Crippen molar-refractivity contribution in [2.24, 2.45) is 0 Å². The van der Waals surface area contributed by atoms with Crippen LogP contribution in [0.2, 0.25) is 10.0 Å². The van der Waals surface area contributed by atoms with Gasteiger partial charge in [0, 0.05) is 34.0 Å². The van der Waals surface area contributed by atoms with Crippen LogP contribution in [0, 0.1) is 6.92 Å². The zero-order chi connectivity index (χ0) is 27.1. The van der Waals surface area contributed by atoms with Crippen LogP contribution >= 0.6 is 34.5 Å². The highest BCUT2D eigenvalue weighted by Crippen LogP contribution is 2.34. The maximum absolute atomic E-state index is 13.1. The normalized spacial score (nSPS) is 12.0. The lowest BCUT2D eigenvalue weighted by Gasteiger charge is -2.18. The molecule has 0 saturated heterocycles. The summed E-state index contributed by atoms with van der Waals surface area (Å²) in [5.74, 6) is -0.722. The average molecular weight is 566 g/mol. The SMILES string of the molecule is CCCOc1ccc(CC(OC(C)C)C(=O)O)cc1CNC(=O)c1nc(-c2ccc(Cl)cc2Cl)sc1C. The summed E-state index contributed by atoms with van der Waals surface area (Å²) in [5.41, 5.74) is 2.53. The summed E-state index contributed by atoms with van der Waals surface area (Å²) in [6.45, 7) is 8.13. The van der Waals surface area contributed by atoms with E-state index in [0.29, 0.717) is 38.7 Å². The molecule has 0 spiro atoms. The van der Waals surface area contributed by atoms with Crippen molar-refractivity contribution in [1.29, 1.82) is 0 Å². The van der Waals surface area contributed by atoms with Crippen LogP contribution in [0.1, 0.15) is 53.7 Å². The molecule has 0 fully saturated rings. The second-order valence-electron chi connectivity index (χ2n) is 8.74. The van der Waals surface area contributed by atoms with Gasteiger partial charge in [0.15, 0.2) is 6.10 Å². The fourth-order valence-corrected chi connectivity index (χ4v) is 5.14. The highest BCUT2D eigenvalue weighted by molar-refractivity contribution is 7.15. The van der Waals surface area contributed by atoms with Gasteiger partial charge in [-0.05, 0) is 57.0 Å². The molecule has 0 radical (unpaired) electrons. The van der Waals surface area contributed by atoms with E-state index in [4.69, 9.17) is 32.7 Å². The number of hydrogen-bond acceptors (Lipinski definition) is 6. The Morgan fingerprint density at radius 3 is 2.57 bits per heavy atom. The number of thiazole rings is 1. The van der Waals surface area contributed by atoms with E-state index in [1.807, 2.05) is 26.0 Å². The van der Waals surface area contributed by atoms with E-state index in [-0.39, 0.29) is 25.0 Å². The molecule has 0 aliphatic carbocycles. The van der Waals surface area contributed by atoms with Crippen LogP contribution in [-0.4, -0.2) is 40.8 Å². The highest BCUT2D eigenvalue weighted by atomic mass is 35.5. The molecule has 0 saturated carbocycles. The Morgan fingerprint density at radius 2 is 1.92 bits per heavy atom. The number of hydrogen-bond donors (Lipinski definition) is 2. The Morgan fingerprint density at radius 1 is 1.16 bits per heavy atom. The van der Waals surface area contributed by atoms with Crippen LogP contribution in [0.4, 0.5) is 0 Å². The number of carbonyl (C=O) groups excluding carboxylic acids is 1. The van der Waals surface area contributed by atoms with Gasteiger partial charge in [0.05, 0.1) is 17.7 Å². The minimum absolute atomic E-state index is 0.183. The minimum atomic E-state index is -1.02. The standard InChI is InChI=1S/C27H30Cl2N2O5S/c1-5-10-35-22-9-6-17(12-23(27(33)34)36-15(2)3)11-18(22)14-30-25(32)24-16(4)37-26(31-24)20-8-7-19(28)13-21(20)29/h6-9,11,13,15,23H,5,10,12,14H2,1-4H3,(H,30,32)(H,33,34). The molecule has 7 nitrogen and oxygen atoms in total. The number of aryl methyl sites for hydroxylation is 1. The van der Waals surface area contributed by atoms with Crippen LogP contribution in [-0.2, 0) is 22.5 Å². The Labute approximate surface area is 230 Å². The molecule has 3 rings (SSSR count). The van der Waals surface area contributed by atoms with E-state index >= 15 is 0 Å². The summed E-state index contributed by atoms with van der Waals surface area (Å²) in [4.78, 5) is 30.0. The van der Waals surface area contributed by atoms with Crippen molar-refractivity contribution in [2.45, 2.75) is 59.3 Å². The van der Waals surface area contributed by atoms with Gasteiger partial charge in [0.2, 0.25) is 0 Å². The highest BCUT2D eigenvalue weighted by Gasteiger charge is 2.22. The van der Waals surface area contributed by atoms with Crippen LogP contribution in [0.15, 0.2) is 36.4 Å². The molecule has 37 heavy (non-hydrogen) atoms. The van der Waals surface area contributed by atoms with Crippen LogP contribution in [0.25, 0.3) is 10.6 Å². The third-order valence-corrected chi connectivity index (χ3v) is 6.88. The number of carboxylic acid groups (broad SMARTS) is 1. The van der Waals surface area contributed by atoms with Crippen LogP contribution in [0.5, 0.6) is 5.75 Å². The molecule has 1 amide bonds. The molecule has 2 N–H and O–H groups in total. The van der Waals surface area contributed by atoms with Crippen molar-refractivity contribution < 1.29 is 24.2 Å². The first-order valence-electron chi connectivity index (χ1n) is 11.9. The van der Waals surface area contributed by atoms with Crippen molar-refractivity contribution in [2.75, 3.05) is 6.61 Å². The van der Waals surface area contributed by atoms with Gasteiger partial charge in [-0.2, -0.15) is 0 Å². The van der Waals surface area contributed by atoms with Gasteiger partial charge in [-0.15, -0.1) is 11.3 Å². The quantitative estimate of drug-likeness (QED) is 0.258. The number of benzene rings is 2. The molecule has 1 unspecified atom stereocenters. The summed E-state index contributed by atoms with van der Waals surface area (Å²) < 4.78 is 11.4. The Bertz CT molecular complexity index is 1260. The van der Waals surface area contributed by atoms with Crippen molar-refractivity contribution in [3.63, 3.8) is 0 Å². The second-order valence-corrected chi connectivity index (χ2v) is 10.8. The molecule has 1 heterocycles. The molecular formula is C27H30Cl2N2O5S. The summed E-state index contributed by atoms with van der Waals surface area (Å²) in [6, 6.07) is 10.6. The van der Waals surface area contributed by atoms with Crippen molar-refractivity contribution in [3.05, 3.63) is 68.1 Å². The molecular weight excluding hydrogens is 535 g/mol. The molecule has 0 aliphatic heterocycles. The fourth-order valence-electron chi connectivity index (χ4n) is 3.63. The number of rotatable bonds is 12. The zero-order valence-corrected chi connectivity index (χ0v) is 23.5. The van der Waals surface area contributed by atoms with Crippen LogP contribution in [0.3, 0.4) is 0 Å². The van der Waals surface area contributed by atoms with Gasteiger partial charge in [-0.3, -0.25) is 4.79 Å². The van der Waals surface area contributed by atoms with Crippen LogP contribution < -0.4 is 10.1 Å². The van der Waals surface area contributed by atoms with Gasteiger partial charge in [0.25, 0.3) is 5.91 Å². The summed E-state index contributed by atoms with van der Waals surface area (Å²) in [5, 5.41) is 14.1. The van der Waals surface area contributed by atoms with Crippen molar-refractivity contribution >= 4 is 46.4 Å². The molecule has 1 atom stereocenters. The first-order chi connectivity index (χ1) is 17.6. The van der Waals surface area contributed by atoms with E-state index < -0.39 is 12.1 Å². The predicted molar refractivity (Wildman–Crippen MR) is 147 cm³/mol. The topological polar surface area (TPSA) is 97.8 Å². The monoisotopic (exact) mass is 564 g/mol. The van der Waals surface area contributed by atoms with E-state index in [2.05, 4.69) is 10.3 Å². The maximum Gasteiger partial charge on any atom is 0.333 e. The van der Waals surface area contributed by atoms with Gasteiger partial charge in [-0.25, -0.2) is 9.78 Å². The Kier molecular flexibility index (Phi) is 10.3. The predicted octanol–water partition coefficient (Wildman–Crippen LogP) is 6.56. The Balaban J connectivity index is 1.79. The first-order valence-corrected chi connectivity index (χ1v) is 13.5. The molecule has 0 aliphatic rings. The largest absolute Gasteiger partial charge is 0.493 e. The number of carboxylic acids is 1. The number of aromatic nitrogens is 1. The number of carbonyl (C=O) groups is 2. The molecule has 198 valence electrons. The average Bonchev–Trinajstić information content (AvgIpc) is 3.22. The summed E-state index contributed by atoms with van der Waals surface area (Å²) in [7, 11) is 0. The third-order valence-electron chi connectivity index (χ3n) is 5.33. The van der Waals surface area contributed by atoms with E-state index in [9.17, 15) is 14.7 Å². The molecule has 10 heteroatoms. The number of aliphatic carboxylic acids is 1.